The van der Waals surface area contributed by atoms with E-state index in [9.17, 15) is 18.4 Å². The van der Waals surface area contributed by atoms with Gasteiger partial charge in [0.15, 0.2) is 17.3 Å². The van der Waals surface area contributed by atoms with Crippen LogP contribution in [-0.2, 0) is 0 Å². The number of aryl methyl sites for hydroxylation is 1. The summed E-state index contributed by atoms with van der Waals surface area (Å²) in [6, 6.07) is 12.2. The molecule has 0 N–H and O–H groups in total. The molecule has 8 heteroatoms. The quantitative estimate of drug-likeness (QED) is 0.488. The van der Waals surface area contributed by atoms with Crippen LogP contribution in [0.5, 0.6) is 0 Å². The Morgan fingerprint density at radius 1 is 0.897 bits per heavy atom. The van der Waals surface area contributed by atoms with Crippen LogP contribution in [0.2, 0.25) is 0 Å². The van der Waals surface area contributed by atoms with Crippen molar-refractivity contribution in [1.29, 1.82) is 0 Å². The van der Waals surface area contributed by atoms with Crippen LogP contribution in [0.4, 0.5) is 14.5 Å². The van der Waals surface area contributed by atoms with E-state index in [-0.39, 0.29) is 16.8 Å². The van der Waals surface area contributed by atoms with Crippen LogP contribution in [0, 0.1) is 18.6 Å². The smallest absolute Gasteiger partial charge is 0.267 e. The molecule has 0 aliphatic carbocycles. The number of carbonyl (C=O) groups is 2. The van der Waals surface area contributed by atoms with E-state index in [4.69, 9.17) is 0 Å². The van der Waals surface area contributed by atoms with Gasteiger partial charge in [0.2, 0.25) is 0 Å². The molecule has 142 valence electrons. The molecule has 5 rings (SSSR count). The SMILES string of the molecule is Cc1nn(-c2ccccc2)c2ncc3c(c12)C(=O)N(c1ccc(F)c(F)c1)C3=O. The highest BCUT2D eigenvalue weighted by atomic mass is 19.2. The van der Waals surface area contributed by atoms with Gasteiger partial charge in [-0.2, -0.15) is 5.10 Å². The van der Waals surface area contributed by atoms with Crippen molar-refractivity contribution in [3.05, 3.63) is 83.2 Å². The molecule has 0 saturated carbocycles. The monoisotopic (exact) mass is 390 g/mol. The fourth-order valence-electron chi connectivity index (χ4n) is 3.57. The van der Waals surface area contributed by atoms with Gasteiger partial charge in [0.25, 0.3) is 11.8 Å². The Labute approximate surface area is 163 Å². The predicted molar refractivity (Wildman–Crippen MR) is 101 cm³/mol. The number of imide groups is 1. The Morgan fingerprint density at radius 3 is 2.38 bits per heavy atom. The van der Waals surface area contributed by atoms with Gasteiger partial charge >= 0.3 is 0 Å². The first-order chi connectivity index (χ1) is 14.0. The first-order valence-electron chi connectivity index (χ1n) is 8.75. The van der Waals surface area contributed by atoms with Crippen LogP contribution >= 0.6 is 0 Å². The third-order valence-electron chi connectivity index (χ3n) is 4.88. The number of para-hydroxylation sites is 1. The van der Waals surface area contributed by atoms with E-state index in [1.165, 1.54) is 12.3 Å². The van der Waals surface area contributed by atoms with Crippen LogP contribution in [-0.4, -0.2) is 26.6 Å². The molecule has 0 atom stereocenters. The summed E-state index contributed by atoms with van der Waals surface area (Å²) in [6.45, 7) is 1.72. The second-order valence-electron chi connectivity index (χ2n) is 6.62. The van der Waals surface area contributed by atoms with E-state index in [1.807, 2.05) is 30.3 Å². The first-order valence-corrected chi connectivity index (χ1v) is 8.75. The van der Waals surface area contributed by atoms with Crippen molar-refractivity contribution in [1.82, 2.24) is 14.8 Å². The maximum absolute atomic E-state index is 13.7. The van der Waals surface area contributed by atoms with E-state index in [1.54, 1.807) is 11.6 Å². The highest BCUT2D eigenvalue weighted by Crippen LogP contribution is 2.34. The number of nitrogens with zero attached hydrogens (tertiary/aromatic N) is 4. The summed E-state index contributed by atoms with van der Waals surface area (Å²) in [7, 11) is 0. The highest BCUT2D eigenvalue weighted by Gasteiger charge is 2.40. The standard InChI is InChI=1S/C21H12F2N4O2/c1-11-17-18-14(10-24-19(17)27(25-11)12-5-3-2-4-6-12)20(28)26(21(18)29)13-7-8-15(22)16(23)9-13/h2-10H,1H3. The minimum atomic E-state index is -1.14. The lowest BCUT2D eigenvalue weighted by molar-refractivity contribution is 0.0926. The van der Waals surface area contributed by atoms with Gasteiger partial charge in [-0.1, -0.05) is 18.2 Å². The van der Waals surface area contributed by atoms with Crippen molar-refractivity contribution >= 4 is 28.5 Å². The van der Waals surface area contributed by atoms with Crippen molar-refractivity contribution in [2.75, 3.05) is 4.90 Å². The molecular weight excluding hydrogens is 378 g/mol. The molecule has 0 bridgehead atoms. The number of fused-ring (bicyclic) bond motifs is 3. The van der Waals surface area contributed by atoms with Crippen molar-refractivity contribution in [2.45, 2.75) is 6.92 Å². The van der Waals surface area contributed by atoms with E-state index < -0.39 is 23.4 Å². The van der Waals surface area contributed by atoms with Crippen molar-refractivity contribution in [3.63, 3.8) is 0 Å². The summed E-state index contributed by atoms with van der Waals surface area (Å²) in [6.07, 6.45) is 1.32. The molecule has 2 aromatic carbocycles. The van der Waals surface area contributed by atoms with Crippen LogP contribution in [0.1, 0.15) is 26.4 Å². The maximum Gasteiger partial charge on any atom is 0.267 e. The van der Waals surface area contributed by atoms with Crippen molar-refractivity contribution < 1.29 is 18.4 Å². The topological polar surface area (TPSA) is 68.1 Å². The molecule has 0 spiro atoms. The summed E-state index contributed by atoms with van der Waals surface area (Å²) in [4.78, 5) is 31.2. The van der Waals surface area contributed by atoms with Gasteiger partial charge in [0.05, 0.1) is 33.6 Å². The lowest BCUT2D eigenvalue weighted by atomic mass is 10.1. The maximum atomic E-state index is 13.7. The number of amides is 2. The molecule has 0 unspecified atom stereocenters. The van der Waals surface area contributed by atoms with E-state index >= 15 is 0 Å². The number of benzene rings is 2. The summed E-state index contributed by atoms with van der Waals surface area (Å²) in [5.41, 5.74) is 1.93. The number of anilines is 1. The predicted octanol–water partition coefficient (Wildman–Crippen LogP) is 3.81. The van der Waals surface area contributed by atoms with Gasteiger partial charge in [0, 0.05) is 12.3 Å². The van der Waals surface area contributed by atoms with Crippen LogP contribution in [0.25, 0.3) is 16.7 Å². The molecule has 29 heavy (non-hydrogen) atoms. The fraction of sp³-hybridized carbons (Fsp3) is 0.0476. The Balaban J connectivity index is 1.72. The molecule has 0 saturated heterocycles. The second-order valence-corrected chi connectivity index (χ2v) is 6.62. The molecule has 2 aromatic heterocycles. The Kier molecular flexibility index (Phi) is 3.57. The number of halogens is 2. The van der Waals surface area contributed by atoms with Gasteiger partial charge in [-0.15, -0.1) is 0 Å². The molecule has 0 radical (unpaired) electrons. The van der Waals surface area contributed by atoms with Gasteiger partial charge in [-0.05, 0) is 31.2 Å². The molecule has 0 fully saturated rings. The zero-order chi connectivity index (χ0) is 20.3. The highest BCUT2D eigenvalue weighted by molar-refractivity contribution is 6.37. The second kappa shape index (κ2) is 6.03. The summed E-state index contributed by atoms with van der Waals surface area (Å²) >= 11 is 0. The summed E-state index contributed by atoms with van der Waals surface area (Å²) in [5.74, 6) is -3.47. The van der Waals surface area contributed by atoms with Crippen LogP contribution < -0.4 is 4.90 Å². The minimum Gasteiger partial charge on any atom is -0.268 e. The van der Waals surface area contributed by atoms with Crippen molar-refractivity contribution in [3.8, 4) is 5.69 Å². The molecule has 1 aliphatic heterocycles. The Bertz CT molecular complexity index is 1330. The van der Waals surface area contributed by atoms with E-state index in [0.29, 0.717) is 16.7 Å². The largest absolute Gasteiger partial charge is 0.268 e. The zero-order valence-corrected chi connectivity index (χ0v) is 15.1. The van der Waals surface area contributed by atoms with Gasteiger partial charge in [-0.3, -0.25) is 9.59 Å². The van der Waals surface area contributed by atoms with Crippen LogP contribution in [0.15, 0.2) is 54.7 Å². The molecule has 2 amide bonds. The molecule has 6 nitrogen and oxygen atoms in total. The van der Waals surface area contributed by atoms with E-state index in [2.05, 4.69) is 10.1 Å². The molecule has 4 aromatic rings. The third-order valence-corrected chi connectivity index (χ3v) is 4.88. The summed E-state index contributed by atoms with van der Waals surface area (Å²) < 4.78 is 28.6. The molecule has 3 heterocycles. The number of hydrogen-bond acceptors (Lipinski definition) is 4. The normalized spacial score (nSPS) is 13.4. The lowest BCUT2D eigenvalue weighted by Gasteiger charge is -2.13. The number of aromatic nitrogens is 3. The zero-order valence-electron chi connectivity index (χ0n) is 15.1. The minimum absolute atomic E-state index is 0.0450. The van der Waals surface area contributed by atoms with Gasteiger partial charge in [-0.25, -0.2) is 23.3 Å². The van der Waals surface area contributed by atoms with Crippen LogP contribution in [0.3, 0.4) is 0 Å². The molecular formula is C21H12F2N4O2. The summed E-state index contributed by atoms with van der Waals surface area (Å²) in [5, 5.41) is 4.94. The average Bonchev–Trinajstić information content (AvgIpc) is 3.19. The van der Waals surface area contributed by atoms with Crippen molar-refractivity contribution in [2.24, 2.45) is 0 Å². The molecule has 1 aliphatic rings. The number of rotatable bonds is 2. The number of pyridine rings is 1. The number of carbonyl (C=O) groups excluding carboxylic acids is 2. The third kappa shape index (κ3) is 2.39. The van der Waals surface area contributed by atoms with Gasteiger partial charge in [0.1, 0.15) is 0 Å². The fourth-order valence-corrected chi connectivity index (χ4v) is 3.57. The lowest BCUT2D eigenvalue weighted by Crippen LogP contribution is -2.29. The van der Waals surface area contributed by atoms with E-state index in [0.717, 1.165) is 22.7 Å². The Morgan fingerprint density at radius 2 is 1.66 bits per heavy atom. The Hall–Kier alpha value is -3.94. The first kappa shape index (κ1) is 17.2. The number of hydrogen-bond donors (Lipinski definition) is 0. The average molecular weight is 390 g/mol. The van der Waals surface area contributed by atoms with Gasteiger partial charge < -0.3 is 0 Å².